The monoisotopic (exact) mass is 453 g/mol. The number of hydrogen-bond acceptors (Lipinski definition) is 4. The van der Waals surface area contributed by atoms with E-state index in [1.807, 2.05) is 55.5 Å². The molecule has 1 fully saturated rings. The van der Waals surface area contributed by atoms with E-state index in [1.165, 1.54) is 32.4 Å². The standard InChI is InChI=1S/C30H31NO3/c1-22-10-15-26-27(29(24-8-4-2-5-9-24)30(32)34-28(26)20-22)21-23-11-13-25(14-12-23)33-19-18-31-16-6-3-7-17-31/h2,4-5,8-15,20H,3,6-7,16-19,21H2,1H3. The highest BCUT2D eigenvalue weighted by Gasteiger charge is 2.17. The van der Waals surface area contributed by atoms with Gasteiger partial charge in [-0.25, -0.2) is 4.79 Å². The zero-order chi connectivity index (χ0) is 23.3. The molecule has 5 rings (SSSR count). The quantitative estimate of drug-likeness (QED) is 0.311. The van der Waals surface area contributed by atoms with Crippen molar-refractivity contribution in [2.45, 2.75) is 32.6 Å². The van der Waals surface area contributed by atoms with Crippen LogP contribution in [0.2, 0.25) is 0 Å². The minimum Gasteiger partial charge on any atom is -0.492 e. The molecule has 0 saturated carbocycles. The molecule has 0 unspecified atom stereocenters. The Bertz CT molecular complexity index is 1300. The van der Waals surface area contributed by atoms with Gasteiger partial charge in [0.2, 0.25) is 0 Å². The Morgan fingerprint density at radius 1 is 0.912 bits per heavy atom. The molecule has 174 valence electrons. The first-order chi connectivity index (χ1) is 16.7. The fourth-order valence-corrected chi connectivity index (χ4v) is 4.84. The van der Waals surface area contributed by atoms with Gasteiger partial charge in [-0.05, 0) is 79.7 Å². The van der Waals surface area contributed by atoms with Crippen LogP contribution in [0.3, 0.4) is 0 Å². The Kier molecular flexibility index (Phi) is 6.77. The van der Waals surface area contributed by atoms with Crippen molar-refractivity contribution in [2.24, 2.45) is 0 Å². The molecular formula is C30H31NO3. The van der Waals surface area contributed by atoms with Gasteiger partial charge in [0, 0.05) is 11.9 Å². The predicted molar refractivity (Wildman–Crippen MR) is 138 cm³/mol. The Balaban J connectivity index is 1.40. The van der Waals surface area contributed by atoms with Crippen molar-refractivity contribution >= 4 is 11.0 Å². The normalized spacial score (nSPS) is 14.4. The Morgan fingerprint density at radius 2 is 1.68 bits per heavy atom. The average molecular weight is 454 g/mol. The molecule has 1 aromatic heterocycles. The summed E-state index contributed by atoms with van der Waals surface area (Å²) in [5, 5.41) is 0.978. The third kappa shape index (κ3) is 5.07. The molecule has 0 N–H and O–H groups in total. The maximum Gasteiger partial charge on any atom is 0.344 e. The Hall–Kier alpha value is -3.37. The van der Waals surface area contributed by atoms with Crippen molar-refractivity contribution in [1.82, 2.24) is 4.90 Å². The molecule has 0 radical (unpaired) electrons. The molecule has 4 aromatic rings. The second-order valence-corrected chi connectivity index (χ2v) is 9.18. The fraction of sp³-hybridized carbons (Fsp3) is 0.300. The van der Waals surface area contributed by atoms with Gasteiger partial charge in [-0.15, -0.1) is 0 Å². The number of aryl methyl sites for hydroxylation is 1. The number of rotatable bonds is 7. The number of nitrogens with zero attached hydrogens (tertiary/aromatic N) is 1. The van der Waals surface area contributed by atoms with Crippen LogP contribution in [0, 0.1) is 6.92 Å². The molecular weight excluding hydrogens is 422 g/mol. The van der Waals surface area contributed by atoms with Gasteiger partial charge in [-0.1, -0.05) is 61.0 Å². The summed E-state index contributed by atoms with van der Waals surface area (Å²) < 4.78 is 11.7. The first kappa shape index (κ1) is 22.4. The van der Waals surface area contributed by atoms with E-state index < -0.39 is 0 Å². The number of benzene rings is 3. The summed E-state index contributed by atoms with van der Waals surface area (Å²) in [4.78, 5) is 15.6. The summed E-state index contributed by atoms with van der Waals surface area (Å²) in [6.45, 7) is 6.07. The molecule has 0 spiro atoms. The molecule has 0 atom stereocenters. The SMILES string of the molecule is Cc1ccc2c(Cc3ccc(OCCN4CCCCC4)cc3)c(-c3ccccc3)c(=O)oc2c1. The smallest absolute Gasteiger partial charge is 0.344 e. The van der Waals surface area contributed by atoms with Crippen LogP contribution in [0.25, 0.3) is 22.1 Å². The molecule has 2 heterocycles. The van der Waals surface area contributed by atoms with Gasteiger partial charge in [-0.2, -0.15) is 0 Å². The van der Waals surface area contributed by atoms with Gasteiger partial charge in [0.1, 0.15) is 17.9 Å². The van der Waals surface area contributed by atoms with Crippen LogP contribution in [0.4, 0.5) is 0 Å². The van der Waals surface area contributed by atoms with E-state index in [9.17, 15) is 4.79 Å². The van der Waals surface area contributed by atoms with Crippen LogP contribution >= 0.6 is 0 Å². The van der Waals surface area contributed by atoms with E-state index >= 15 is 0 Å². The fourth-order valence-electron chi connectivity index (χ4n) is 4.84. The van der Waals surface area contributed by atoms with Crippen molar-refractivity contribution in [3.8, 4) is 16.9 Å². The molecule has 0 amide bonds. The summed E-state index contributed by atoms with van der Waals surface area (Å²) in [6, 6.07) is 24.1. The van der Waals surface area contributed by atoms with E-state index in [0.717, 1.165) is 39.9 Å². The number of hydrogen-bond donors (Lipinski definition) is 0. The average Bonchev–Trinajstić information content (AvgIpc) is 2.86. The van der Waals surface area contributed by atoms with Crippen molar-refractivity contribution < 1.29 is 9.15 Å². The molecule has 1 aliphatic rings. The lowest BCUT2D eigenvalue weighted by Gasteiger charge is -2.26. The summed E-state index contributed by atoms with van der Waals surface area (Å²) in [5.74, 6) is 0.886. The molecule has 0 bridgehead atoms. The van der Waals surface area contributed by atoms with Crippen molar-refractivity contribution in [3.05, 3.63) is 99.9 Å². The molecule has 34 heavy (non-hydrogen) atoms. The lowest BCUT2D eigenvalue weighted by Crippen LogP contribution is -2.33. The molecule has 4 heteroatoms. The van der Waals surface area contributed by atoms with E-state index in [1.54, 1.807) is 0 Å². The second kappa shape index (κ2) is 10.3. The number of piperidine rings is 1. The van der Waals surface area contributed by atoms with Gasteiger partial charge in [0.15, 0.2) is 0 Å². The molecule has 4 nitrogen and oxygen atoms in total. The highest BCUT2D eigenvalue weighted by Crippen LogP contribution is 2.30. The highest BCUT2D eigenvalue weighted by atomic mass is 16.5. The van der Waals surface area contributed by atoms with Gasteiger partial charge < -0.3 is 9.15 Å². The van der Waals surface area contributed by atoms with Crippen molar-refractivity contribution in [1.29, 1.82) is 0 Å². The van der Waals surface area contributed by atoms with Gasteiger partial charge in [0.05, 0.1) is 5.56 Å². The van der Waals surface area contributed by atoms with Crippen LogP contribution in [0.5, 0.6) is 5.75 Å². The van der Waals surface area contributed by atoms with E-state index in [2.05, 4.69) is 29.2 Å². The Labute approximate surface area is 200 Å². The number of ether oxygens (including phenoxy) is 1. The van der Waals surface area contributed by atoms with E-state index in [4.69, 9.17) is 9.15 Å². The summed E-state index contributed by atoms with van der Waals surface area (Å²) >= 11 is 0. The zero-order valence-electron chi connectivity index (χ0n) is 19.8. The molecule has 1 aliphatic heterocycles. The second-order valence-electron chi connectivity index (χ2n) is 9.18. The molecule has 1 saturated heterocycles. The van der Waals surface area contributed by atoms with Crippen LogP contribution in [-0.4, -0.2) is 31.1 Å². The molecule has 3 aromatic carbocycles. The van der Waals surface area contributed by atoms with Crippen LogP contribution in [0.1, 0.15) is 36.0 Å². The lowest BCUT2D eigenvalue weighted by atomic mass is 9.93. The number of likely N-dealkylation sites (tertiary alicyclic amines) is 1. The third-order valence-corrected chi connectivity index (χ3v) is 6.66. The van der Waals surface area contributed by atoms with Gasteiger partial charge in [-0.3, -0.25) is 4.90 Å². The Morgan fingerprint density at radius 3 is 2.44 bits per heavy atom. The lowest BCUT2D eigenvalue weighted by molar-refractivity contribution is 0.183. The summed E-state index contributed by atoms with van der Waals surface area (Å²) in [6.07, 6.45) is 4.59. The zero-order valence-corrected chi connectivity index (χ0v) is 19.8. The van der Waals surface area contributed by atoms with Crippen LogP contribution < -0.4 is 10.4 Å². The topological polar surface area (TPSA) is 42.7 Å². The minimum atomic E-state index is -0.294. The van der Waals surface area contributed by atoms with Crippen molar-refractivity contribution in [2.75, 3.05) is 26.2 Å². The maximum absolute atomic E-state index is 13.1. The van der Waals surface area contributed by atoms with Gasteiger partial charge in [0.25, 0.3) is 0 Å². The first-order valence-corrected chi connectivity index (χ1v) is 12.2. The van der Waals surface area contributed by atoms with E-state index in [0.29, 0.717) is 24.2 Å². The van der Waals surface area contributed by atoms with Crippen LogP contribution in [-0.2, 0) is 6.42 Å². The van der Waals surface area contributed by atoms with Crippen LogP contribution in [0.15, 0.2) is 82.0 Å². The maximum atomic E-state index is 13.1. The number of fused-ring (bicyclic) bond motifs is 1. The highest BCUT2D eigenvalue weighted by molar-refractivity contribution is 5.87. The largest absolute Gasteiger partial charge is 0.492 e. The molecule has 0 aliphatic carbocycles. The first-order valence-electron chi connectivity index (χ1n) is 12.2. The third-order valence-electron chi connectivity index (χ3n) is 6.66. The van der Waals surface area contributed by atoms with Gasteiger partial charge >= 0.3 is 5.63 Å². The van der Waals surface area contributed by atoms with E-state index in [-0.39, 0.29) is 5.63 Å². The summed E-state index contributed by atoms with van der Waals surface area (Å²) in [7, 11) is 0. The summed E-state index contributed by atoms with van der Waals surface area (Å²) in [5.41, 5.74) is 5.06. The van der Waals surface area contributed by atoms with Crippen molar-refractivity contribution in [3.63, 3.8) is 0 Å². The minimum absolute atomic E-state index is 0.294. The predicted octanol–water partition coefficient (Wildman–Crippen LogP) is 6.22.